The molecule has 9 heteroatoms. The molecule has 0 saturated carbocycles. The van der Waals surface area contributed by atoms with Crippen LogP contribution in [0.3, 0.4) is 0 Å². The number of anilines is 1. The molecule has 1 atom stereocenters. The average Bonchev–Trinajstić information content (AvgIpc) is 3.11. The number of piperazine rings is 1. The molecule has 2 aliphatic rings. The molecule has 0 radical (unpaired) electrons. The second-order valence-corrected chi connectivity index (χ2v) is 9.31. The lowest BCUT2D eigenvalue weighted by atomic mass is 10.0. The first-order chi connectivity index (χ1) is 15.9. The number of benzene rings is 2. The summed E-state index contributed by atoms with van der Waals surface area (Å²) < 4.78 is 15.2. The van der Waals surface area contributed by atoms with Crippen molar-refractivity contribution < 1.29 is 14.0 Å². The predicted molar refractivity (Wildman–Crippen MR) is 128 cm³/mol. The number of nitrogens with one attached hydrogen (secondary N) is 1. The van der Waals surface area contributed by atoms with E-state index in [-0.39, 0.29) is 11.1 Å². The maximum atomic E-state index is 15.2. The van der Waals surface area contributed by atoms with E-state index in [2.05, 4.69) is 39.1 Å². The normalized spacial score (nSPS) is 20.6. The minimum Gasteiger partial charge on any atom is -0.366 e. The highest BCUT2D eigenvalue weighted by Crippen LogP contribution is 2.32. The van der Waals surface area contributed by atoms with Crippen molar-refractivity contribution >= 4 is 45.6 Å². The number of hydrogen-bond acceptors (Lipinski definition) is 7. The highest BCUT2D eigenvalue weighted by atomic mass is 32.2. The van der Waals surface area contributed by atoms with Crippen LogP contribution in [0.4, 0.5) is 14.9 Å². The van der Waals surface area contributed by atoms with Crippen LogP contribution < -0.4 is 10.2 Å². The van der Waals surface area contributed by atoms with Gasteiger partial charge in [0.2, 0.25) is 0 Å². The molecule has 2 fully saturated rings. The Bertz CT molecular complexity index is 1310. The summed E-state index contributed by atoms with van der Waals surface area (Å²) in [5, 5.41) is 2.60. The molecule has 1 N–H and O–H groups in total. The van der Waals surface area contributed by atoms with Crippen LogP contribution in [-0.4, -0.2) is 58.7 Å². The van der Waals surface area contributed by atoms with Crippen LogP contribution in [0.15, 0.2) is 47.6 Å². The molecule has 3 heterocycles. The van der Waals surface area contributed by atoms with Crippen LogP contribution in [0.25, 0.3) is 28.2 Å². The standard InChI is InChI=1S/C24H22FN5O2S/c1-14-12-30(8-7-29(14)2)20-6-4-16(11-18(20)25)22-17-9-15(3-5-19(17)26-13-27-22)10-21-23(31)28-24(32)33-21/h3-6,9-11,13-14H,7-8,12H2,1-2H3,(H,28,31,32). The number of fused-ring (bicyclic) bond motifs is 1. The van der Waals surface area contributed by atoms with Gasteiger partial charge in [0, 0.05) is 36.6 Å². The summed E-state index contributed by atoms with van der Waals surface area (Å²) in [6.45, 7) is 4.58. The number of thioether (sulfide) groups is 1. The number of hydrogen-bond donors (Lipinski definition) is 1. The summed E-state index contributed by atoms with van der Waals surface area (Å²) in [6, 6.07) is 11.1. The van der Waals surface area contributed by atoms with E-state index in [0.717, 1.165) is 42.3 Å². The van der Waals surface area contributed by atoms with E-state index in [0.29, 0.717) is 33.4 Å². The van der Waals surface area contributed by atoms with Crippen molar-refractivity contribution in [2.45, 2.75) is 13.0 Å². The molecule has 0 spiro atoms. The molecule has 0 bridgehead atoms. The van der Waals surface area contributed by atoms with E-state index in [4.69, 9.17) is 0 Å². The van der Waals surface area contributed by atoms with Crippen molar-refractivity contribution in [2.24, 2.45) is 0 Å². The van der Waals surface area contributed by atoms with Crippen molar-refractivity contribution in [3.8, 4) is 11.3 Å². The van der Waals surface area contributed by atoms with E-state index in [1.807, 2.05) is 30.3 Å². The zero-order valence-corrected chi connectivity index (χ0v) is 19.0. The van der Waals surface area contributed by atoms with Gasteiger partial charge in [-0.1, -0.05) is 12.1 Å². The summed E-state index contributed by atoms with van der Waals surface area (Å²) in [5.74, 6) is -0.697. The molecule has 2 aliphatic heterocycles. The lowest BCUT2D eigenvalue weighted by Crippen LogP contribution is -2.50. The number of halogens is 1. The van der Waals surface area contributed by atoms with Gasteiger partial charge in [-0.3, -0.25) is 14.9 Å². The van der Waals surface area contributed by atoms with Crippen molar-refractivity contribution in [1.82, 2.24) is 20.2 Å². The molecule has 2 amide bonds. The zero-order valence-electron chi connectivity index (χ0n) is 18.2. The average molecular weight is 464 g/mol. The van der Waals surface area contributed by atoms with Crippen LogP contribution >= 0.6 is 11.8 Å². The van der Waals surface area contributed by atoms with Crippen molar-refractivity contribution in [2.75, 3.05) is 31.6 Å². The Kier molecular flexibility index (Phi) is 5.59. The second-order valence-electron chi connectivity index (χ2n) is 8.29. The fourth-order valence-electron chi connectivity index (χ4n) is 4.14. The lowest BCUT2D eigenvalue weighted by Gasteiger charge is -2.39. The fraction of sp³-hybridized carbons (Fsp3) is 0.250. The quantitative estimate of drug-likeness (QED) is 0.590. The van der Waals surface area contributed by atoms with E-state index in [1.165, 1.54) is 12.4 Å². The Balaban J connectivity index is 1.51. The topological polar surface area (TPSA) is 78.4 Å². The molecular formula is C24H22FN5O2S. The number of rotatable bonds is 3. The molecule has 1 unspecified atom stereocenters. The number of carbonyl (C=O) groups excluding carboxylic acids is 2. The Morgan fingerprint density at radius 2 is 2.00 bits per heavy atom. The van der Waals surface area contributed by atoms with Gasteiger partial charge in [0.25, 0.3) is 11.1 Å². The maximum absolute atomic E-state index is 15.2. The van der Waals surface area contributed by atoms with E-state index in [9.17, 15) is 9.59 Å². The Morgan fingerprint density at radius 1 is 1.15 bits per heavy atom. The largest absolute Gasteiger partial charge is 0.366 e. The van der Waals surface area contributed by atoms with Gasteiger partial charge in [-0.15, -0.1) is 0 Å². The Hall–Kier alpha value is -3.30. The van der Waals surface area contributed by atoms with Crippen molar-refractivity contribution in [3.63, 3.8) is 0 Å². The maximum Gasteiger partial charge on any atom is 0.290 e. The van der Waals surface area contributed by atoms with Crippen LogP contribution in [0.1, 0.15) is 12.5 Å². The molecule has 1 aromatic heterocycles. The van der Waals surface area contributed by atoms with Crippen LogP contribution in [0.5, 0.6) is 0 Å². The van der Waals surface area contributed by atoms with E-state index in [1.54, 1.807) is 6.08 Å². The summed E-state index contributed by atoms with van der Waals surface area (Å²) >= 11 is 0.865. The molecule has 2 saturated heterocycles. The van der Waals surface area contributed by atoms with Crippen LogP contribution in [-0.2, 0) is 4.79 Å². The fourth-order valence-corrected chi connectivity index (χ4v) is 4.83. The van der Waals surface area contributed by atoms with Gasteiger partial charge in [0.05, 0.1) is 21.8 Å². The second kappa shape index (κ2) is 8.57. The van der Waals surface area contributed by atoms with E-state index < -0.39 is 5.91 Å². The van der Waals surface area contributed by atoms with Crippen molar-refractivity contribution in [1.29, 1.82) is 0 Å². The third kappa shape index (κ3) is 4.21. The van der Waals surface area contributed by atoms with Gasteiger partial charge in [-0.05, 0) is 61.6 Å². The third-order valence-corrected chi connectivity index (χ3v) is 6.93. The first-order valence-corrected chi connectivity index (χ1v) is 11.5. The molecule has 5 rings (SSSR count). The SMILES string of the molecule is CC1CN(c2ccc(-c3ncnc4ccc(C=C5SC(=O)NC5=O)cc34)cc2F)CCN1C. The first-order valence-electron chi connectivity index (χ1n) is 10.6. The minimum atomic E-state index is -0.412. The Morgan fingerprint density at radius 3 is 2.73 bits per heavy atom. The Labute approximate surface area is 194 Å². The number of likely N-dealkylation sites (N-methyl/N-ethyl adjacent to an activating group) is 1. The molecule has 3 aromatic rings. The first kappa shape index (κ1) is 21.5. The smallest absolute Gasteiger partial charge is 0.290 e. The molecule has 0 aliphatic carbocycles. The molecule has 168 valence electrons. The van der Waals surface area contributed by atoms with Crippen molar-refractivity contribution in [3.05, 3.63) is 59.0 Å². The van der Waals surface area contributed by atoms with Gasteiger partial charge in [0.1, 0.15) is 12.1 Å². The molecule has 2 aromatic carbocycles. The number of imide groups is 1. The number of carbonyl (C=O) groups is 2. The number of nitrogens with zero attached hydrogens (tertiary/aromatic N) is 4. The molecule has 7 nitrogen and oxygen atoms in total. The number of aromatic nitrogens is 2. The summed E-state index contributed by atoms with van der Waals surface area (Å²) in [4.78, 5) is 36.8. The van der Waals surface area contributed by atoms with Crippen LogP contribution in [0.2, 0.25) is 0 Å². The lowest BCUT2D eigenvalue weighted by molar-refractivity contribution is -0.115. The highest BCUT2D eigenvalue weighted by molar-refractivity contribution is 8.18. The van der Waals surface area contributed by atoms with Gasteiger partial charge >= 0.3 is 0 Å². The minimum absolute atomic E-state index is 0.285. The van der Waals surface area contributed by atoms with Crippen LogP contribution in [0, 0.1) is 5.82 Å². The van der Waals surface area contributed by atoms with Gasteiger partial charge < -0.3 is 9.80 Å². The predicted octanol–water partition coefficient (Wildman–Crippen LogP) is 3.90. The third-order valence-electron chi connectivity index (χ3n) is 6.12. The van der Waals surface area contributed by atoms with Gasteiger partial charge in [-0.25, -0.2) is 14.4 Å². The summed E-state index contributed by atoms with van der Waals surface area (Å²) in [6.07, 6.45) is 3.11. The molecular weight excluding hydrogens is 441 g/mol. The highest BCUT2D eigenvalue weighted by Gasteiger charge is 2.25. The summed E-state index contributed by atoms with van der Waals surface area (Å²) in [5.41, 5.74) is 3.29. The van der Waals surface area contributed by atoms with Gasteiger partial charge in [0.15, 0.2) is 0 Å². The summed E-state index contributed by atoms with van der Waals surface area (Å²) in [7, 11) is 2.08. The number of amides is 2. The monoisotopic (exact) mass is 463 g/mol. The molecule has 33 heavy (non-hydrogen) atoms. The van der Waals surface area contributed by atoms with Gasteiger partial charge in [-0.2, -0.15) is 0 Å². The van der Waals surface area contributed by atoms with E-state index >= 15 is 4.39 Å². The zero-order chi connectivity index (χ0) is 23.1.